The highest BCUT2D eigenvalue weighted by Crippen LogP contribution is 2.28. The standard InChI is InChI=1S/C23H24F2N6O/c1-2-18-30-21-22(20-16(29-23(21)27)7-6-9-28-20)31(18)10-5-3-4-8-17(32)13-11-14(24)19(26)15(25)12-13/h6-7,9,11-12H,2-5,8,10,26H2,1H3,(H2,27,29). The lowest BCUT2D eigenvalue weighted by atomic mass is 10.0. The Kier molecular flexibility index (Phi) is 5.98. The molecule has 0 aliphatic carbocycles. The molecule has 9 heteroatoms. The molecule has 3 aromatic heterocycles. The summed E-state index contributed by atoms with van der Waals surface area (Å²) in [6.45, 7) is 2.72. The molecule has 0 fully saturated rings. The highest BCUT2D eigenvalue weighted by Gasteiger charge is 2.17. The third-order valence-corrected chi connectivity index (χ3v) is 5.54. The van der Waals surface area contributed by atoms with E-state index >= 15 is 0 Å². The van der Waals surface area contributed by atoms with Gasteiger partial charge in [0.2, 0.25) is 0 Å². The maximum Gasteiger partial charge on any atom is 0.163 e. The predicted octanol–water partition coefficient (Wildman–Crippen LogP) is 4.43. The number of hydrogen-bond acceptors (Lipinski definition) is 6. The molecule has 3 heterocycles. The fraction of sp³-hybridized carbons (Fsp3) is 0.304. The summed E-state index contributed by atoms with van der Waals surface area (Å²) in [5.74, 6) is -0.860. The van der Waals surface area contributed by atoms with Gasteiger partial charge in [-0.15, -0.1) is 0 Å². The van der Waals surface area contributed by atoms with E-state index in [0.29, 0.717) is 24.3 Å². The number of anilines is 2. The zero-order valence-electron chi connectivity index (χ0n) is 17.7. The normalized spacial score (nSPS) is 11.5. The van der Waals surface area contributed by atoms with Gasteiger partial charge in [0.15, 0.2) is 11.6 Å². The number of ketones is 1. The van der Waals surface area contributed by atoms with E-state index in [2.05, 4.69) is 19.5 Å². The maximum absolute atomic E-state index is 13.6. The summed E-state index contributed by atoms with van der Waals surface area (Å²) in [5.41, 5.74) is 13.8. The van der Waals surface area contributed by atoms with Crippen LogP contribution in [0.15, 0.2) is 30.5 Å². The van der Waals surface area contributed by atoms with Crippen LogP contribution in [-0.4, -0.2) is 25.3 Å². The Bertz CT molecular complexity index is 1290. The van der Waals surface area contributed by atoms with Gasteiger partial charge in [0.25, 0.3) is 0 Å². The Balaban J connectivity index is 1.45. The van der Waals surface area contributed by atoms with Crippen molar-refractivity contribution < 1.29 is 13.6 Å². The Morgan fingerprint density at radius 3 is 2.53 bits per heavy atom. The molecule has 1 aromatic carbocycles. The van der Waals surface area contributed by atoms with Crippen LogP contribution < -0.4 is 11.5 Å². The summed E-state index contributed by atoms with van der Waals surface area (Å²) < 4.78 is 29.3. The Labute approximate surface area is 183 Å². The number of carbonyl (C=O) groups excluding carboxylic acids is 1. The summed E-state index contributed by atoms with van der Waals surface area (Å²) in [7, 11) is 0. The van der Waals surface area contributed by atoms with Crippen LogP contribution in [0.5, 0.6) is 0 Å². The van der Waals surface area contributed by atoms with E-state index in [4.69, 9.17) is 11.5 Å². The first-order valence-corrected chi connectivity index (χ1v) is 10.6. The number of Topliss-reactive ketones (excluding diaryl/α,β-unsaturated/α-hetero) is 1. The molecule has 0 atom stereocenters. The van der Waals surface area contributed by atoms with E-state index in [1.54, 1.807) is 6.20 Å². The van der Waals surface area contributed by atoms with Gasteiger partial charge in [0.1, 0.15) is 39.7 Å². The summed E-state index contributed by atoms with van der Waals surface area (Å²) in [5, 5.41) is 0. The molecule has 32 heavy (non-hydrogen) atoms. The van der Waals surface area contributed by atoms with Crippen molar-refractivity contribution >= 4 is 39.4 Å². The summed E-state index contributed by atoms with van der Waals surface area (Å²) in [6, 6.07) is 5.67. The van der Waals surface area contributed by atoms with Gasteiger partial charge in [-0.05, 0) is 37.1 Å². The molecule has 0 bridgehead atoms. The molecule has 0 aliphatic heterocycles. The van der Waals surface area contributed by atoms with E-state index in [0.717, 1.165) is 53.8 Å². The van der Waals surface area contributed by atoms with Crippen LogP contribution in [0.25, 0.3) is 22.1 Å². The minimum Gasteiger partial charge on any atom is -0.394 e. The first-order chi connectivity index (χ1) is 15.4. The number of halogens is 2. The number of hydrogen-bond donors (Lipinski definition) is 2. The highest BCUT2D eigenvalue weighted by molar-refractivity contribution is 6.04. The second-order valence-corrected chi connectivity index (χ2v) is 7.69. The maximum atomic E-state index is 13.6. The number of nitrogens with zero attached hydrogens (tertiary/aromatic N) is 4. The number of benzene rings is 1. The number of nitrogen functional groups attached to an aromatic ring is 2. The van der Waals surface area contributed by atoms with E-state index < -0.39 is 17.3 Å². The first kappa shape index (κ1) is 21.6. The van der Waals surface area contributed by atoms with E-state index in [1.165, 1.54) is 0 Å². The second-order valence-electron chi connectivity index (χ2n) is 7.69. The third-order valence-electron chi connectivity index (χ3n) is 5.54. The summed E-state index contributed by atoms with van der Waals surface area (Å²) >= 11 is 0. The fourth-order valence-corrected chi connectivity index (χ4v) is 3.90. The molecular formula is C23H24F2N6O. The predicted molar refractivity (Wildman–Crippen MR) is 120 cm³/mol. The van der Waals surface area contributed by atoms with Crippen LogP contribution in [0, 0.1) is 11.6 Å². The molecule has 7 nitrogen and oxygen atoms in total. The molecule has 0 radical (unpaired) electrons. The van der Waals surface area contributed by atoms with Gasteiger partial charge in [0, 0.05) is 31.1 Å². The third kappa shape index (κ3) is 3.98. The minimum absolute atomic E-state index is 0.00333. The lowest BCUT2D eigenvalue weighted by Crippen LogP contribution is -2.06. The Morgan fingerprint density at radius 1 is 1.06 bits per heavy atom. The van der Waals surface area contributed by atoms with Gasteiger partial charge in [-0.3, -0.25) is 9.78 Å². The number of fused-ring (bicyclic) bond motifs is 3. The lowest BCUT2D eigenvalue weighted by molar-refractivity contribution is 0.0978. The van der Waals surface area contributed by atoms with Crippen LogP contribution in [0.2, 0.25) is 0 Å². The topological polar surface area (TPSA) is 113 Å². The first-order valence-electron chi connectivity index (χ1n) is 10.6. The minimum atomic E-state index is -0.915. The van der Waals surface area contributed by atoms with Crippen molar-refractivity contribution in [3.8, 4) is 0 Å². The molecule has 166 valence electrons. The number of nitrogens with two attached hydrogens (primary N) is 2. The zero-order valence-corrected chi connectivity index (χ0v) is 17.7. The number of carbonyl (C=O) groups is 1. The molecule has 0 saturated carbocycles. The van der Waals surface area contributed by atoms with Crippen LogP contribution in [0.4, 0.5) is 20.3 Å². The number of aromatic nitrogens is 4. The van der Waals surface area contributed by atoms with Gasteiger partial charge in [-0.1, -0.05) is 13.3 Å². The number of pyridine rings is 2. The molecule has 4 rings (SSSR count). The lowest BCUT2D eigenvalue weighted by Gasteiger charge is -2.10. The van der Waals surface area contributed by atoms with Crippen molar-refractivity contribution in [2.45, 2.75) is 45.6 Å². The van der Waals surface area contributed by atoms with Crippen LogP contribution in [0.3, 0.4) is 0 Å². The van der Waals surface area contributed by atoms with Gasteiger partial charge in [-0.25, -0.2) is 18.7 Å². The van der Waals surface area contributed by atoms with Crippen molar-refractivity contribution in [1.82, 2.24) is 19.5 Å². The quantitative estimate of drug-likeness (QED) is 0.239. The second kappa shape index (κ2) is 8.86. The number of rotatable bonds is 8. The van der Waals surface area contributed by atoms with Gasteiger partial charge in [0.05, 0.1) is 5.52 Å². The number of unbranched alkanes of at least 4 members (excludes halogenated alkanes) is 2. The zero-order chi connectivity index (χ0) is 22.8. The van der Waals surface area contributed by atoms with E-state index in [-0.39, 0.29) is 17.8 Å². The van der Waals surface area contributed by atoms with E-state index in [9.17, 15) is 13.6 Å². The molecule has 0 aliphatic rings. The van der Waals surface area contributed by atoms with Gasteiger partial charge >= 0.3 is 0 Å². The highest BCUT2D eigenvalue weighted by atomic mass is 19.1. The SMILES string of the molecule is CCc1nc2c(N)nc3cccnc3c2n1CCCCCC(=O)c1cc(F)c(N)c(F)c1. The van der Waals surface area contributed by atoms with Crippen LogP contribution in [-0.2, 0) is 13.0 Å². The van der Waals surface area contributed by atoms with Crippen molar-refractivity contribution in [1.29, 1.82) is 0 Å². The van der Waals surface area contributed by atoms with Crippen molar-refractivity contribution in [2.75, 3.05) is 11.5 Å². The van der Waals surface area contributed by atoms with Crippen molar-refractivity contribution in [3.63, 3.8) is 0 Å². The van der Waals surface area contributed by atoms with Gasteiger partial charge in [-0.2, -0.15) is 0 Å². The Morgan fingerprint density at radius 2 is 1.81 bits per heavy atom. The van der Waals surface area contributed by atoms with Crippen LogP contribution >= 0.6 is 0 Å². The van der Waals surface area contributed by atoms with Crippen molar-refractivity contribution in [2.24, 2.45) is 0 Å². The monoisotopic (exact) mass is 438 g/mol. The largest absolute Gasteiger partial charge is 0.394 e. The molecule has 4 aromatic rings. The summed E-state index contributed by atoms with van der Waals surface area (Å²) in [4.78, 5) is 25.9. The van der Waals surface area contributed by atoms with E-state index in [1.807, 2.05) is 19.1 Å². The number of aryl methyl sites for hydroxylation is 2. The average molecular weight is 438 g/mol. The smallest absolute Gasteiger partial charge is 0.163 e. The Hall–Kier alpha value is -3.62. The summed E-state index contributed by atoms with van der Waals surface area (Å²) in [6.07, 6.45) is 4.82. The molecular weight excluding hydrogens is 414 g/mol. The van der Waals surface area contributed by atoms with Crippen molar-refractivity contribution in [3.05, 3.63) is 53.5 Å². The molecule has 0 spiro atoms. The molecule has 0 unspecified atom stereocenters. The molecule has 4 N–H and O–H groups in total. The average Bonchev–Trinajstić information content (AvgIpc) is 3.16. The molecule has 0 saturated heterocycles. The molecule has 0 amide bonds. The number of imidazole rings is 1. The fourth-order valence-electron chi connectivity index (χ4n) is 3.90. The van der Waals surface area contributed by atoms with Gasteiger partial charge < -0.3 is 16.0 Å². The van der Waals surface area contributed by atoms with Crippen LogP contribution in [0.1, 0.15) is 48.8 Å².